The van der Waals surface area contributed by atoms with Crippen LogP contribution in [0, 0.1) is 25.2 Å². The van der Waals surface area contributed by atoms with E-state index in [-0.39, 0.29) is 11.5 Å². The van der Waals surface area contributed by atoms with Gasteiger partial charge in [-0.25, -0.2) is 0 Å². The number of anilines is 2. The minimum absolute atomic E-state index is 0.0358. The Hall–Kier alpha value is -4.37. The lowest BCUT2D eigenvalue weighted by molar-refractivity contribution is -0.112. The molecule has 0 bridgehead atoms. The zero-order valence-corrected chi connectivity index (χ0v) is 18.1. The number of ether oxygens (including phenoxy) is 1. The molecule has 2 amide bonds. The number of amides is 2. The Labute approximate surface area is 187 Å². The first-order valence-corrected chi connectivity index (χ1v) is 9.96. The predicted octanol–water partition coefficient (Wildman–Crippen LogP) is 5.11. The smallest absolute Gasteiger partial charge is 0.266 e. The number of nitrogens with zero attached hydrogens (tertiary/aromatic N) is 1. The van der Waals surface area contributed by atoms with Gasteiger partial charge in [0.15, 0.2) is 0 Å². The lowest BCUT2D eigenvalue weighted by atomic mass is 10.1. The van der Waals surface area contributed by atoms with Crippen LogP contribution < -0.4 is 15.4 Å². The van der Waals surface area contributed by atoms with Gasteiger partial charge in [0, 0.05) is 16.9 Å². The maximum absolute atomic E-state index is 12.7. The Morgan fingerprint density at radius 1 is 0.938 bits per heavy atom. The van der Waals surface area contributed by atoms with Gasteiger partial charge >= 0.3 is 0 Å². The molecule has 0 fully saturated rings. The van der Waals surface area contributed by atoms with Crippen molar-refractivity contribution in [2.45, 2.75) is 13.8 Å². The molecule has 32 heavy (non-hydrogen) atoms. The molecular weight excluding hydrogens is 402 g/mol. The highest BCUT2D eigenvalue weighted by molar-refractivity contribution is 6.10. The van der Waals surface area contributed by atoms with Crippen LogP contribution in [0.2, 0.25) is 0 Å². The Bertz CT molecular complexity index is 1200. The number of rotatable bonds is 6. The molecule has 6 nitrogen and oxygen atoms in total. The zero-order valence-electron chi connectivity index (χ0n) is 18.1. The Morgan fingerprint density at radius 2 is 1.59 bits per heavy atom. The number of nitriles is 1. The SMILES string of the molecule is COc1ccc(C(=O)Nc2cccc(/C=C(\C#N)C(=O)Nc3c(C)cccc3C)c2)cc1. The minimum Gasteiger partial charge on any atom is -0.497 e. The molecule has 0 aliphatic rings. The zero-order chi connectivity index (χ0) is 23.1. The standard InChI is InChI=1S/C26H23N3O3/c1-17-6-4-7-18(2)24(17)29-26(31)21(16-27)14-19-8-5-9-22(15-19)28-25(30)20-10-12-23(32-3)13-11-20/h4-15H,1-3H3,(H,28,30)(H,29,31)/b21-14+. The molecule has 3 aromatic rings. The van der Waals surface area contributed by atoms with Crippen LogP contribution in [0.15, 0.2) is 72.3 Å². The van der Waals surface area contributed by atoms with Crippen LogP contribution in [0.1, 0.15) is 27.0 Å². The quantitative estimate of drug-likeness (QED) is 0.424. The van der Waals surface area contributed by atoms with Crippen molar-refractivity contribution in [1.82, 2.24) is 0 Å². The number of hydrogen-bond donors (Lipinski definition) is 2. The molecule has 3 aromatic carbocycles. The summed E-state index contributed by atoms with van der Waals surface area (Å²) in [5.74, 6) is -0.100. The summed E-state index contributed by atoms with van der Waals surface area (Å²) >= 11 is 0. The summed E-state index contributed by atoms with van der Waals surface area (Å²) in [5, 5.41) is 15.2. The largest absolute Gasteiger partial charge is 0.497 e. The van der Waals surface area contributed by atoms with E-state index in [0.717, 1.165) is 11.1 Å². The van der Waals surface area contributed by atoms with Crippen LogP contribution in [0.25, 0.3) is 6.08 Å². The first-order chi connectivity index (χ1) is 15.4. The van der Waals surface area contributed by atoms with Crippen molar-refractivity contribution >= 4 is 29.3 Å². The molecular formula is C26H23N3O3. The monoisotopic (exact) mass is 425 g/mol. The third kappa shape index (κ3) is 5.41. The maximum atomic E-state index is 12.7. The van der Waals surface area contributed by atoms with Crippen molar-refractivity contribution in [1.29, 1.82) is 5.26 Å². The van der Waals surface area contributed by atoms with Gasteiger partial charge in [-0.1, -0.05) is 30.3 Å². The van der Waals surface area contributed by atoms with Crippen LogP contribution in [0.4, 0.5) is 11.4 Å². The van der Waals surface area contributed by atoms with Crippen molar-refractivity contribution in [3.8, 4) is 11.8 Å². The van der Waals surface area contributed by atoms with Crippen molar-refractivity contribution in [3.63, 3.8) is 0 Å². The van der Waals surface area contributed by atoms with Crippen LogP contribution in [0.5, 0.6) is 5.75 Å². The molecule has 0 radical (unpaired) electrons. The van der Waals surface area contributed by atoms with Gasteiger partial charge in [0.1, 0.15) is 17.4 Å². The first-order valence-electron chi connectivity index (χ1n) is 9.96. The van der Waals surface area contributed by atoms with E-state index in [9.17, 15) is 14.9 Å². The number of hydrogen-bond acceptors (Lipinski definition) is 4. The molecule has 6 heteroatoms. The molecule has 0 saturated heterocycles. The number of para-hydroxylation sites is 1. The Kier molecular flexibility index (Phi) is 7.04. The van der Waals surface area contributed by atoms with Gasteiger partial charge in [0.05, 0.1) is 7.11 Å². The fourth-order valence-electron chi connectivity index (χ4n) is 3.16. The average Bonchev–Trinajstić information content (AvgIpc) is 2.80. The molecule has 3 rings (SSSR count). The predicted molar refractivity (Wildman–Crippen MR) is 126 cm³/mol. The summed E-state index contributed by atoms with van der Waals surface area (Å²) in [6.07, 6.45) is 1.49. The van der Waals surface area contributed by atoms with E-state index >= 15 is 0 Å². The fraction of sp³-hybridized carbons (Fsp3) is 0.115. The van der Waals surface area contributed by atoms with Gasteiger partial charge < -0.3 is 15.4 Å². The molecule has 160 valence electrons. The summed E-state index contributed by atoms with van der Waals surface area (Å²) in [7, 11) is 1.56. The van der Waals surface area contributed by atoms with E-state index in [1.54, 1.807) is 55.6 Å². The van der Waals surface area contributed by atoms with Crippen molar-refractivity contribution < 1.29 is 14.3 Å². The van der Waals surface area contributed by atoms with Crippen molar-refractivity contribution in [2.24, 2.45) is 0 Å². The summed E-state index contributed by atoms with van der Waals surface area (Å²) < 4.78 is 5.10. The van der Waals surface area contributed by atoms with Crippen molar-refractivity contribution in [3.05, 3.63) is 94.6 Å². The Balaban J connectivity index is 1.77. The van der Waals surface area contributed by atoms with Crippen LogP contribution >= 0.6 is 0 Å². The lowest BCUT2D eigenvalue weighted by Gasteiger charge is -2.11. The van der Waals surface area contributed by atoms with Gasteiger partial charge in [-0.3, -0.25) is 9.59 Å². The average molecular weight is 425 g/mol. The second-order valence-corrected chi connectivity index (χ2v) is 7.20. The molecule has 0 unspecified atom stereocenters. The van der Waals surface area contributed by atoms with E-state index in [2.05, 4.69) is 10.6 Å². The topological polar surface area (TPSA) is 91.2 Å². The molecule has 0 aliphatic carbocycles. The van der Waals surface area contributed by atoms with Gasteiger partial charge in [0.2, 0.25) is 0 Å². The highest BCUT2D eigenvalue weighted by Crippen LogP contribution is 2.21. The molecule has 0 heterocycles. The van der Waals surface area contributed by atoms with Crippen LogP contribution in [-0.4, -0.2) is 18.9 Å². The minimum atomic E-state index is -0.488. The van der Waals surface area contributed by atoms with Crippen LogP contribution in [0.3, 0.4) is 0 Å². The van der Waals surface area contributed by atoms with Gasteiger partial charge in [0.25, 0.3) is 11.8 Å². The van der Waals surface area contributed by atoms with Gasteiger partial charge in [-0.2, -0.15) is 5.26 Å². The molecule has 2 N–H and O–H groups in total. The number of carbonyl (C=O) groups is 2. The second-order valence-electron chi connectivity index (χ2n) is 7.20. The van der Waals surface area contributed by atoms with Crippen LogP contribution in [-0.2, 0) is 4.79 Å². The fourth-order valence-corrected chi connectivity index (χ4v) is 3.16. The molecule has 0 spiro atoms. The van der Waals surface area contributed by atoms with E-state index in [0.29, 0.717) is 28.3 Å². The second kappa shape index (κ2) is 10.1. The molecule has 0 aromatic heterocycles. The Morgan fingerprint density at radius 3 is 2.22 bits per heavy atom. The highest BCUT2D eigenvalue weighted by atomic mass is 16.5. The van der Waals surface area contributed by atoms with E-state index in [1.807, 2.05) is 38.1 Å². The summed E-state index contributed by atoms with van der Waals surface area (Å²) in [4.78, 5) is 25.2. The van der Waals surface area contributed by atoms with E-state index < -0.39 is 5.91 Å². The first kappa shape index (κ1) is 22.3. The van der Waals surface area contributed by atoms with Crippen molar-refractivity contribution in [2.75, 3.05) is 17.7 Å². The van der Waals surface area contributed by atoms with Gasteiger partial charge in [-0.15, -0.1) is 0 Å². The molecule has 0 atom stereocenters. The molecule has 0 saturated carbocycles. The maximum Gasteiger partial charge on any atom is 0.266 e. The number of methoxy groups -OCH3 is 1. The number of benzene rings is 3. The summed E-state index contributed by atoms with van der Waals surface area (Å²) in [6, 6.07) is 21.4. The number of carbonyl (C=O) groups excluding carboxylic acids is 2. The highest BCUT2D eigenvalue weighted by Gasteiger charge is 2.13. The summed E-state index contributed by atoms with van der Waals surface area (Å²) in [6.45, 7) is 3.79. The van der Waals surface area contributed by atoms with Gasteiger partial charge in [-0.05, 0) is 73.0 Å². The third-order valence-electron chi connectivity index (χ3n) is 4.89. The van der Waals surface area contributed by atoms with E-state index in [4.69, 9.17) is 4.74 Å². The third-order valence-corrected chi connectivity index (χ3v) is 4.89. The lowest BCUT2D eigenvalue weighted by Crippen LogP contribution is -2.15. The number of aryl methyl sites for hydroxylation is 2. The normalized spacial score (nSPS) is 10.8. The molecule has 0 aliphatic heterocycles. The number of nitrogens with one attached hydrogen (secondary N) is 2. The summed E-state index contributed by atoms with van der Waals surface area (Å²) in [5.41, 5.74) is 4.14. The van der Waals surface area contributed by atoms with E-state index in [1.165, 1.54) is 6.08 Å².